The van der Waals surface area contributed by atoms with Gasteiger partial charge in [-0.15, -0.1) is 0 Å². The average Bonchev–Trinajstić information content (AvgIpc) is 3.18. The van der Waals surface area contributed by atoms with E-state index >= 15 is 0 Å². The molecule has 130 valence electrons. The van der Waals surface area contributed by atoms with Gasteiger partial charge in [0, 0.05) is 22.5 Å². The van der Waals surface area contributed by atoms with Crippen molar-refractivity contribution in [3.05, 3.63) is 76.8 Å². The molecule has 7 heteroatoms. The van der Waals surface area contributed by atoms with Crippen molar-refractivity contribution in [1.82, 2.24) is 19.2 Å². The fourth-order valence-electron chi connectivity index (χ4n) is 2.95. The quantitative estimate of drug-likeness (QED) is 0.594. The van der Waals surface area contributed by atoms with Crippen molar-refractivity contribution in [2.45, 2.75) is 13.5 Å². The van der Waals surface area contributed by atoms with Crippen molar-refractivity contribution < 1.29 is 9.90 Å². The molecule has 0 aliphatic carbocycles. The van der Waals surface area contributed by atoms with Gasteiger partial charge in [0.25, 0.3) is 0 Å². The topological polar surface area (TPSA) is 72.4 Å². The standard InChI is InChI=1S/C19H15ClN4O2/c1-12-10-15(19(25)26)22-24(12)11-16-18(13-5-7-14(20)8-6-13)21-17-4-2-3-9-23(16)17/h2-10H,11H2,1H3,(H,25,26). The lowest BCUT2D eigenvalue weighted by atomic mass is 10.1. The van der Waals surface area contributed by atoms with E-state index in [2.05, 4.69) is 5.10 Å². The highest BCUT2D eigenvalue weighted by molar-refractivity contribution is 6.30. The van der Waals surface area contributed by atoms with E-state index in [1.807, 2.05) is 60.0 Å². The van der Waals surface area contributed by atoms with Gasteiger partial charge >= 0.3 is 5.97 Å². The number of benzene rings is 1. The summed E-state index contributed by atoms with van der Waals surface area (Å²) in [6.07, 6.45) is 1.94. The average molecular weight is 367 g/mol. The second-order valence-electron chi connectivity index (χ2n) is 5.98. The van der Waals surface area contributed by atoms with Crippen molar-refractivity contribution in [2.75, 3.05) is 0 Å². The number of halogens is 1. The summed E-state index contributed by atoms with van der Waals surface area (Å²) in [6, 6.07) is 14.9. The van der Waals surface area contributed by atoms with Crippen LogP contribution < -0.4 is 0 Å². The SMILES string of the molecule is Cc1cc(C(=O)O)nn1Cc1c(-c2ccc(Cl)cc2)nc2ccccn12. The van der Waals surface area contributed by atoms with E-state index in [9.17, 15) is 9.90 Å². The van der Waals surface area contributed by atoms with Crippen molar-refractivity contribution in [3.8, 4) is 11.3 Å². The number of hydrogen-bond acceptors (Lipinski definition) is 3. The molecule has 1 N–H and O–H groups in total. The van der Waals surface area contributed by atoms with E-state index in [0.29, 0.717) is 11.6 Å². The molecule has 0 fully saturated rings. The highest BCUT2D eigenvalue weighted by atomic mass is 35.5. The molecule has 0 aliphatic heterocycles. The maximum atomic E-state index is 11.2. The minimum atomic E-state index is -1.04. The Balaban J connectivity index is 1.86. The summed E-state index contributed by atoms with van der Waals surface area (Å²) < 4.78 is 3.67. The molecule has 4 aromatic rings. The van der Waals surface area contributed by atoms with Crippen LogP contribution >= 0.6 is 11.6 Å². The molecule has 0 spiro atoms. The monoisotopic (exact) mass is 366 g/mol. The van der Waals surface area contributed by atoms with Gasteiger partial charge in [-0.1, -0.05) is 29.8 Å². The van der Waals surface area contributed by atoms with Crippen LogP contribution in [0.2, 0.25) is 5.02 Å². The molecule has 0 aliphatic rings. The van der Waals surface area contributed by atoms with Crippen LogP contribution in [0.15, 0.2) is 54.7 Å². The van der Waals surface area contributed by atoms with E-state index in [1.54, 1.807) is 10.7 Å². The number of aromatic nitrogens is 4. The van der Waals surface area contributed by atoms with Crippen molar-refractivity contribution in [1.29, 1.82) is 0 Å². The van der Waals surface area contributed by atoms with Crippen LogP contribution in [-0.4, -0.2) is 30.2 Å². The zero-order chi connectivity index (χ0) is 18.3. The lowest BCUT2D eigenvalue weighted by Crippen LogP contribution is -2.08. The van der Waals surface area contributed by atoms with Gasteiger partial charge in [0.05, 0.1) is 17.9 Å². The molecule has 26 heavy (non-hydrogen) atoms. The summed E-state index contributed by atoms with van der Waals surface area (Å²) in [4.78, 5) is 15.9. The molecular weight excluding hydrogens is 352 g/mol. The van der Waals surface area contributed by atoms with Gasteiger partial charge in [-0.05, 0) is 37.3 Å². The minimum Gasteiger partial charge on any atom is -0.476 e. The number of hydrogen-bond donors (Lipinski definition) is 1. The molecule has 0 unspecified atom stereocenters. The summed E-state index contributed by atoms with van der Waals surface area (Å²) in [6.45, 7) is 2.24. The molecule has 0 atom stereocenters. The van der Waals surface area contributed by atoms with Gasteiger partial charge in [-0.2, -0.15) is 5.10 Å². The second kappa shape index (κ2) is 6.31. The first-order valence-corrected chi connectivity index (χ1v) is 8.40. The van der Waals surface area contributed by atoms with Crippen LogP contribution in [0.3, 0.4) is 0 Å². The Morgan fingerprint density at radius 1 is 1.19 bits per heavy atom. The van der Waals surface area contributed by atoms with Gasteiger partial charge in [-0.25, -0.2) is 9.78 Å². The van der Waals surface area contributed by atoms with Gasteiger partial charge in [0.1, 0.15) is 5.65 Å². The van der Waals surface area contributed by atoms with E-state index < -0.39 is 5.97 Å². The Hall–Kier alpha value is -3.12. The number of rotatable bonds is 4. The number of aryl methyl sites for hydroxylation is 1. The van der Waals surface area contributed by atoms with Crippen LogP contribution in [-0.2, 0) is 6.54 Å². The Morgan fingerprint density at radius 3 is 2.65 bits per heavy atom. The number of aromatic carboxylic acids is 1. The lowest BCUT2D eigenvalue weighted by molar-refractivity contribution is 0.0689. The second-order valence-corrected chi connectivity index (χ2v) is 6.41. The van der Waals surface area contributed by atoms with E-state index in [1.165, 1.54) is 0 Å². The fraction of sp³-hybridized carbons (Fsp3) is 0.105. The van der Waals surface area contributed by atoms with Crippen molar-refractivity contribution in [3.63, 3.8) is 0 Å². The molecule has 6 nitrogen and oxygen atoms in total. The summed E-state index contributed by atoms with van der Waals surface area (Å²) in [7, 11) is 0. The molecule has 0 radical (unpaired) electrons. The smallest absolute Gasteiger partial charge is 0.356 e. The van der Waals surface area contributed by atoms with Crippen LogP contribution in [0.5, 0.6) is 0 Å². The van der Waals surface area contributed by atoms with E-state index in [4.69, 9.17) is 16.6 Å². The first-order chi connectivity index (χ1) is 12.5. The number of pyridine rings is 1. The summed E-state index contributed by atoms with van der Waals surface area (Å²) >= 11 is 6.01. The first kappa shape index (κ1) is 16.4. The predicted octanol–water partition coefficient (Wildman–Crippen LogP) is 3.91. The van der Waals surface area contributed by atoms with Crippen LogP contribution in [0.1, 0.15) is 21.9 Å². The van der Waals surface area contributed by atoms with Crippen LogP contribution in [0.4, 0.5) is 0 Å². The third-order valence-electron chi connectivity index (χ3n) is 4.25. The first-order valence-electron chi connectivity index (χ1n) is 8.02. The Labute approximate surface area is 154 Å². The maximum absolute atomic E-state index is 11.2. The molecule has 0 amide bonds. The Bertz CT molecular complexity index is 1110. The summed E-state index contributed by atoms with van der Waals surface area (Å²) in [5, 5.41) is 14.0. The van der Waals surface area contributed by atoms with E-state index in [-0.39, 0.29) is 5.69 Å². The number of fused-ring (bicyclic) bond motifs is 1. The molecule has 0 saturated heterocycles. The maximum Gasteiger partial charge on any atom is 0.356 e. The molecular formula is C19H15ClN4O2. The zero-order valence-electron chi connectivity index (χ0n) is 13.9. The number of carboxylic acids is 1. The largest absolute Gasteiger partial charge is 0.476 e. The molecule has 3 heterocycles. The Kier molecular flexibility index (Phi) is 3.97. The number of imidazole rings is 1. The van der Waals surface area contributed by atoms with Gasteiger partial charge < -0.3 is 9.51 Å². The molecule has 0 saturated carbocycles. The van der Waals surface area contributed by atoms with Gasteiger partial charge in [0.2, 0.25) is 0 Å². The molecule has 4 rings (SSSR count). The normalized spacial score (nSPS) is 11.2. The van der Waals surface area contributed by atoms with Gasteiger partial charge in [0.15, 0.2) is 5.69 Å². The molecule has 0 bridgehead atoms. The number of nitrogens with zero attached hydrogens (tertiary/aromatic N) is 4. The fourth-order valence-corrected chi connectivity index (χ4v) is 3.08. The number of carbonyl (C=O) groups is 1. The third kappa shape index (κ3) is 2.84. The minimum absolute atomic E-state index is 0.0318. The zero-order valence-corrected chi connectivity index (χ0v) is 14.7. The van der Waals surface area contributed by atoms with Crippen LogP contribution in [0.25, 0.3) is 16.9 Å². The van der Waals surface area contributed by atoms with Crippen molar-refractivity contribution >= 4 is 23.2 Å². The summed E-state index contributed by atoms with van der Waals surface area (Å²) in [5.41, 5.74) is 4.30. The van der Waals surface area contributed by atoms with Crippen molar-refractivity contribution in [2.24, 2.45) is 0 Å². The van der Waals surface area contributed by atoms with Gasteiger partial charge in [-0.3, -0.25) is 4.68 Å². The van der Waals surface area contributed by atoms with E-state index in [0.717, 1.165) is 28.3 Å². The predicted molar refractivity (Wildman–Crippen MR) is 98.7 cm³/mol. The summed E-state index contributed by atoms with van der Waals surface area (Å²) in [5.74, 6) is -1.04. The molecule has 1 aromatic carbocycles. The van der Waals surface area contributed by atoms with Crippen LogP contribution in [0, 0.1) is 6.92 Å². The Morgan fingerprint density at radius 2 is 1.96 bits per heavy atom. The highest BCUT2D eigenvalue weighted by Crippen LogP contribution is 2.26. The third-order valence-corrected chi connectivity index (χ3v) is 4.50. The lowest BCUT2D eigenvalue weighted by Gasteiger charge is -2.08. The molecule has 3 aromatic heterocycles. The number of carboxylic acid groups (broad SMARTS) is 1. The highest BCUT2D eigenvalue weighted by Gasteiger charge is 2.17.